The molecule has 28 heavy (non-hydrogen) atoms. The monoisotopic (exact) mass is 385 g/mol. The first-order valence-electron chi connectivity index (χ1n) is 9.55. The van der Waals surface area contributed by atoms with Gasteiger partial charge in [0.25, 0.3) is 5.56 Å². The number of carbonyl (C=O) groups excluding carboxylic acids is 1. The number of nitrogens with two attached hydrogens (primary N) is 1. The van der Waals surface area contributed by atoms with E-state index in [0.717, 1.165) is 30.6 Å². The van der Waals surface area contributed by atoms with Crippen LogP contribution < -0.4 is 16.6 Å². The molecular formula is C20H27N5O3. The standard InChI is InChI=1S/C20H27N5O3/c1-14-4-2-5-15(10-14)12-25(13-16-6-3-9-28-16)20(27)22-8-7-18-23-17(21)11-19(26)24-18/h2,4-5,10-11,16H,3,6-9,12-13H2,1H3,(H,22,27)(H3,21,23,24,26)/t16-/m0/s1. The molecule has 1 aromatic carbocycles. The fourth-order valence-electron chi connectivity index (χ4n) is 3.33. The minimum Gasteiger partial charge on any atom is -0.383 e. The number of nitrogen functional groups attached to an aromatic ring is 1. The molecule has 0 radical (unpaired) electrons. The van der Waals surface area contributed by atoms with Gasteiger partial charge in [-0.3, -0.25) is 4.79 Å². The lowest BCUT2D eigenvalue weighted by atomic mass is 10.1. The van der Waals surface area contributed by atoms with Crippen molar-refractivity contribution in [1.29, 1.82) is 0 Å². The number of hydrogen-bond acceptors (Lipinski definition) is 5. The lowest BCUT2D eigenvalue weighted by molar-refractivity contribution is 0.0795. The molecule has 0 unspecified atom stereocenters. The normalized spacial score (nSPS) is 16.1. The van der Waals surface area contributed by atoms with Crippen molar-refractivity contribution in [1.82, 2.24) is 20.2 Å². The van der Waals surface area contributed by atoms with Gasteiger partial charge in [-0.1, -0.05) is 29.8 Å². The van der Waals surface area contributed by atoms with Gasteiger partial charge < -0.3 is 25.7 Å². The van der Waals surface area contributed by atoms with E-state index in [9.17, 15) is 9.59 Å². The molecule has 1 atom stereocenters. The summed E-state index contributed by atoms with van der Waals surface area (Å²) < 4.78 is 5.71. The number of aryl methyl sites for hydroxylation is 1. The lowest BCUT2D eigenvalue weighted by Gasteiger charge is -2.26. The van der Waals surface area contributed by atoms with Crippen LogP contribution in [0.3, 0.4) is 0 Å². The van der Waals surface area contributed by atoms with Gasteiger partial charge in [0.15, 0.2) is 0 Å². The number of aromatic nitrogens is 2. The number of ether oxygens (including phenoxy) is 1. The van der Waals surface area contributed by atoms with Crippen LogP contribution in [-0.2, 0) is 17.7 Å². The van der Waals surface area contributed by atoms with Crippen molar-refractivity contribution in [2.24, 2.45) is 0 Å². The van der Waals surface area contributed by atoms with E-state index in [1.807, 2.05) is 25.1 Å². The summed E-state index contributed by atoms with van der Waals surface area (Å²) >= 11 is 0. The summed E-state index contributed by atoms with van der Waals surface area (Å²) in [5.74, 6) is 0.624. The fraction of sp³-hybridized carbons (Fsp3) is 0.450. The van der Waals surface area contributed by atoms with Crippen LogP contribution in [0.25, 0.3) is 0 Å². The zero-order valence-electron chi connectivity index (χ0n) is 16.1. The van der Waals surface area contributed by atoms with Crippen molar-refractivity contribution >= 4 is 11.8 Å². The average Bonchev–Trinajstić information content (AvgIpc) is 3.13. The van der Waals surface area contributed by atoms with Gasteiger partial charge in [0, 0.05) is 38.7 Å². The number of rotatable bonds is 7. The highest BCUT2D eigenvalue weighted by Crippen LogP contribution is 2.16. The number of carbonyl (C=O) groups is 1. The van der Waals surface area contributed by atoms with Gasteiger partial charge in [-0.2, -0.15) is 0 Å². The summed E-state index contributed by atoms with van der Waals surface area (Å²) in [4.78, 5) is 32.7. The van der Waals surface area contributed by atoms with E-state index in [2.05, 4.69) is 21.4 Å². The number of benzene rings is 1. The van der Waals surface area contributed by atoms with Crippen LogP contribution in [0, 0.1) is 6.92 Å². The highest BCUT2D eigenvalue weighted by atomic mass is 16.5. The summed E-state index contributed by atoms with van der Waals surface area (Å²) in [5, 5.41) is 2.91. The molecule has 3 rings (SSSR count). The Morgan fingerprint density at radius 1 is 1.43 bits per heavy atom. The molecule has 1 fully saturated rings. The van der Waals surface area contributed by atoms with Gasteiger partial charge in [0.2, 0.25) is 0 Å². The number of nitrogens with zero attached hydrogens (tertiary/aromatic N) is 2. The third-order valence-corrected chi connectivity index (χ3v) is 4.64. The van der Waals surface area contributed by atoms with Crippen LogP contribution in [0.5, 0.6) is 0 Å². The lowest BCUT2D eigenvalue weighted by Crippen LogP contribution is -2.44. The highest BCUT2D eigenvalue weighted by Gasteiger charge is 2.22. The van der Waals surface area contributed by atoms with E-state index in [4.69, 9.17) is 10.5 Å². The van der Waals surface area contributed by atoms with Crippen molar-refractivity contribution in [3.63, 3.8) is 0 Å². The number of amides is 2. The minimum absolute atomic E-state index is 0.0718. The SMILES string of the molecule is Cc1cccc(CN(C[C@@H]2CCCO2)C(=O)NCCc2nc(N)cc(=O)[nH]2)c1. The Bertz CT molecular complexity index is 861. The minimum atomic E-state index is -0.298. The maximum atomic E-state index is 12.8. The van der Waals surface area contributed by atoms with Crippen LogP contribution in [0.15, 0.2) is 35.1 Å². The highest BCUT2D eigenvalue weighted by molar-refractivity contribution is 5.74. The van der Waals surface area contributed by atoms with Gasteiger partial charge in [-0.25, -0.2) is 9.78 Å². The summed E-state index contributed by atoms with van der Waals surface area (Å²) in [7, 11) is 0. The van der Waals surface area contributed by atoms with E-state index in [1.54, 1.807) is 4.90 Å². The predicted octanol–water partition coefficient (Wildman–Crippen LogP) is 1.59. The molecule has 2 amide bonds. The number of urea groups is 1. The molecule has 1 aromatic heterocycles. The number of nitrogens with one attached hydrogen (secondary N) is 2. The Labute approximate surface area is 164 Å². The van der Waals surface area contributed by atoms with Crippen LogP contribution in [0.1, 0.15) is 29.8 Å². The smallest absolute Gasteiger partial charge is 0.317 e. The molecular weight excluding hydrogens is 358 g/mol. The molecule has 8 heteroatoms. The van der Waals surface area contributed by atoms with Crippen LogP contribution in [0.4, 0.5) is 10.6 Å². The molecule has 2 heterocycles. The Kier molecular flexibility index (Phi) is 6.65. The van der Waals surface area contributed by atoms with Crippen molar-refractivity contribution in [2.45, 2.75) is 38.8 Å². The molecule has 0 spiro atoms. The second-order valence-corrected chi connectivity index (χ2v) is 7.10. The van der Waals surface area contributed by atoms with E-state index in [0.29, 0.717) is 31.9 Å². The molecule has 0 saturated carbocycles. The molecule has 0 aliphatic carbocycles. The molecule has 8 nitrogen and oxygen atoms in total. The van der Waals surface area contributed by atoms with Gasteiger partial charge in [-0.15, -0.1) is 0 Å². The second kappa shape index (κ2) is 9.36. The molecule has 0 bridgehead atoms. The van der Waals surface area contributed by atoms with Crippen LogP contribution in [0.2, 0.25) is 0 Å². The van der Waals surface area contributed by atoms with Gasteiger partial charge in [0.05, 0.1) is 6.10 Å². The number of hydrogen-bond donors (Lipinski definition) is 3. The van der Waals surface area contributed by atoms with Gasteiger partial charge in [-0.05, 0) is 25.3 Å². The third kappa shape index (κ3) is 5.82. The van der Waals surface area contributed by atoms with Crippen molar-refractivity contribution in [3.05, 3.63) is 57.6 Å². The number of aromatic amines is 1. The van der Waals surface area contributed by atoms with E-state index in [1.165, 1.54) is 6.07 Å². The first-order chi connectivity index (χ1) is 13.5. The van der Waals surface area contributed by atoms with E-state index >= 15 is 0 Å². The van der Waals surface area contributed by atoms with Gasteiger partial charge >= 0.3 is 6.03 Å². The maximum absolute atomic E-state index is 12.8. The van der Waals surface area contributed by atoms with Crippen molar-refractivity contribution in [3.8, 4) is 0 Å². The van der Waals surface area contributed by atoms with E-state index < -0.39 is 0 Å². The Morgan fingerprint density at radius 2 is 2.29 bits per heavy atom. The summed E-state index contributed by atoms with van der Waals surface area (Å²) in [6, 6.07) is 9.19. The molecule has 1 aliphatic heterocycles. The molecule has 2 aromatic rings. The maximum Gasteiger partial charge on any atom is 0.317 e. The van der Waals surface area contributed by atoms with Crippen LogP contribution in [-0.4, -0.2) is 46.7 Å². The topological polar surface area (TPSA) is 113 Å². The second-order valence-electron chi connectivity index (χ2n) is 7.10. The first kappa shape index (κ1) is 19.9. The molecule has 150 valence electrons. The Morgan fingerprint density at radius 3 is 3.00 bits per heavy atom. The third-order valence-electron chi connectivity index (χ3n) is 4.64. The molecule has 1 aliphatic rings. The zero-order valence-corrected chi connectivity index (χ0v) is 16.1. The summed E-state index contributed by atoms with van der Waals surface area (Å²) in [6.07, 6.45) is 2.46. The average molecular weight is 385 g/mol. The zero-order chi connectivity index (χ0) is 19.9. The molecule has 4 N–H and O–H groups in total. The number of H-pyrrole nitrogens is 1. The number of anilines is 1. The van der Waals surface area contributed by atoms with E-state index in [-0.39, 0.29) is 23.5 Å². The summed E-state index contributed by atoms with van der Waals surface area (Å²) in [5.41, 5.74) is 7.53. The van der Waals surface area contributed by atoms with Crippen LogP contribution >= 0.6 is 0 Å². The largest absolute Gasteiger partial charge is 0.383 e. The van der Waals surface area contributed by atoms with Crippen molar-refractivity contribution in [2.75, 3.05) is 25.4 Å². The predicted molar refractivity (Wildman–Crippen MR) is 107 cm³/mol. The Hall–Kier alpha value is -2.87. The Balaban J connectivity index is 1.60. The first-order valence-corrected chi connectivity index (χ1v) is 9.55. The summed E-state index contributed by atoms with van der Waals surface area (Å²) in [6.45, 7) is 4.20. The fourth-order valence-corrected chi connectivity index (χ4v) is 3.33. The molecule has 1 saturated heterocycles. The van der Waals surface area contributed by atoms with Gasteiger partial charge in [0.1, 0.15) is 11.6 Å². The van der Waals surface area contributed by atoms with Crippen molar-refractivity contribution < 1.29 is 9.53 Å². The quantitative estimate of drug-likeness (QED) is 0.670.